The zero-order chi connectivity index (χ0) is 22.1. The van der Waals surface area contributed by atoms with Gasteiger partial charge in [-0.25, -0.2) is 9.78 Å². The second-order valence-corrected chi connectivity index (χ2v) is 8.43. The molecule has 2 heterocycles. The Kier molecular flexibility index (Phi) is 5.48. The maximum Gasteiger partial charge on any atom is 0.336 e. The highest BCUT2D eigenvalue weighted by molar-refractivity contribution is 6.30. The Hall–Kier alpha value is -3.47. The molecular formula is C27H21ClN2O2. The number of pyridine rings is 1. The molecule has 5 rings (SSSR count). The molecule has 32 heavy (non-hydrogen) atoms. The van der Waals surface area contributed by atoms with Crippen LogP contribution in [0.15, 0.2) is 78.9 Å². The van der Waals surface area contributed by atoms with Gasteiger partial charge in [0.05, 0.1) is 16.8 Å². The van der Waals surface area contributed by atoms with Crippen LogP contribution < -0.4 is 0 Å². The molecule has 5 heteroatoms. The van der Waals surface area contributed by atoms with Crippen LogP contribution in [-0.4, -0.2) is 27.5 Å². The van der Waals surface area contributed by atoms with E-state index in [9.17, 15) is 9.90 Å². The molecule has 0 saturated carbocycles. The van der Waals surface area contributed by atoms with Gasteiger partial charge in [-0.2, -0.15) is 0 Å². The summed E-state index contributed by atoms with van der Waals surface area (Å²) >= 11 is 6.21. The van der Waals surface area contributed by atoms with Crippen molar-refractivity contribution in [2.24, 2.45) is 0 Å². The number of carbonyl (C=O) groups is 1. The van der Waals surface area contributed by atoms with Gasteiger partial charge in [-0.15, -0.1) is 0 Å². The fourth-order valence-corrected chi connectivity index (χ4v) is 4.57. The SMILES string of the molecule is O=C(O)c1c2c(nc3ccccc13)C(=Cc1cccc(Cl)c1)CN(Cc1ccccc1)C2. The molecule has 1 N–H and O–H groups in total. The number of para-hydroxylation sites is 1. The van der Waals surface area contributed by atoms with Gasteiger partial charge in [-0.05, 0) is 41.0 Å². The molecule has 0 atom stereocenters. The van der Waals surface area contributed by atoms with E-state index in [-0.39, 0.29) is 0 Å². The summed E-state index contributed by atoms with van der Waals surface area (Å²) in [6, 6.07) is 25.3. The van der Waals surface area contributed by atoms with E-state index in [1.54, 1.807) is 0 Å². The Bertz CT molecular complexity index is 1350. The van der Waals surface area contributed by atoms with E-state index < -0.39 is 5.97 Å². The third-order valence-electron chi connectivity index (χ3n) is 5.73. The number of hydrogen-bond donors (Lipinski definition) is 1. The van der Waals surface area contributed by atoms with E-state index in [4.69, 9.17) is 16.6 Å². The first-order valence-corrected chi connectivity index (χ1v) is 10.8. The lowest BCUT2D eigenvalue weighted by molar-refractivity contribution is 0.0696. The minimum Gasteiger partial charge on any atom is -0.478 e. The quantitative estimate of drug-likeness (QED) is 0.414. The lowest BCUT2D eigenvalue weighted by Crippen LogP contribution is -2.31. The molecule has 0 aliphatic carbocycles. The summed E-state index contributed by atoms with van der Waals surface area (Å²) in [5, 5.41) is 11.5. The van der Waals surface area contributed by atoms with Crippen molar-refractivity contribution in [3.63, 3.8) is 0 Å². The minimum atomic E-state index is -0.927. The topological polar surface area (TPSA) is 53.4 Å². The molecule has 1 aliphatic heterocycles. The van der Waals surface area contributed by atoms with Gasteiger partial charge < -0.3 is 5.11 Å². The van der Waals surface area contributed by atoms with Crippen molar-refractivity contribution < 1.29 is 9.90 Å². The number of carboxylic acids is 1. The second-order valence-electron chi connectivity index (χ2n) is 7.99. The number of hydrogen-bond acceptors (Lipinski definition) is 3. The van der Waals surface area contributed by atoms with Crippen LogP contribution in [0.25, 0.3) is 22.6 Å². The summed E-state index contributed by atoms with van der Waals surface area (Å²) < 4.78 is 0. The van der Waals surface area contributed by atoms with Gasteiger partial charge in [-0.3, -0.25) is 4.90 Å². The van der Waals surface area contributed by atoms with Gasteiger partial charge in [0.15, 0.2) is 0 Å². The Morgan fingerprint density at radius 3 is 2.56 bits per heavy atom. The van der Waals surface area contributed by atoms with Crippen molar-refractivity contribution in [2.75, 3.05) is 6.54 Å². The number of rotatable bonds is 4. The van der Waals surface area contributed by atoms with Crippen molar-refractivity contribution >= 4 is 40.1 Å². The van der Waals surface area contributed by atoms with Crippen LogP contribution in [0.3, 0.4) is 0 Å². The highest BCUT2D eigenvalue weighted by Gasteiger charge is 2.28. The lowest BCUT2D eigenvalue weighted by Gasteiger charge is -2.31. The van der Waals surface area contributed by atoms with Crippen LogP contribution in [0.2, 0.25) is 5.02 Å². The van der Waals surface area contributed by atoms with Gasteiger partial charge in [0.2, 0.25) is 0 Å². The van der Waals surface area contributed by atoms with Crippen molar-refractivity contribution in [3.8, 4) is 0 Å². The van der Waals surface area contributed by atoms with Crippen LogP contribution in [0, 0.1) is 0 Å². The number of fused-ring (bicyclic) bond motifs is 2. The van der Waals surface area contributed by atoms with E-state index in [0.29, 0.717) is 34.6 Å². The normalized spacial score (nSPS) is 15.1. The molecule has 0 fully saturated rings. The van der Waals surface area contributed by atoms with E-state index in [1.807, 2.05) is 66.7 Å². The molecule has 0 radical (unpaired) electrons. The summed E-state index contributed by atoms with van der Waals surface area (Å²) in [6.45, 7) is 1.91. The fraction of sp³-hybridized carbons (Fsp3) is 0.111. The fourth-order valence-electron chi connectivity index (χ4n) is 4.38. The predicted molar refractivity (Wildman–Crippen MR) is 129 cm³/mol. The molecule has 1 aromatic heterocycles. The third kappa shape index (κ3) is 4.03. The summed E-state index contributed by atoms with van der Waals surface area (Å²) in [7, 11) is 0. The summed E-state index contributed by atoms with van der Waals surface area (Å²) in [4.78, 5) is 19.5. The molecule has 0 saturated heterocycles. The lowest BCUT2D eigenvalue weighted by atomic mass is 9.91. The number of aromatic carboxylic acids is 1. The maximum absolute atomic E-state index is 12.4. The van der Waals surface area contributed by atoms with E-state index in [2.05, 4.69) is 23.1 Å². The largest absolute Gasteiger partial charge is 0.478 e. The van der Waals surface area contributed by atoms with Crippen LogP contribution in [0.5, 0.6) is 0 Å². The van der Waals surface area contributed by atoms with E-state index in [0.717, 1.165) is 28.9 Å². The molecule has 158 valence electrons. The Balaban J connectivity index is 1.69. The molecule has 0 amide bonds. The summed E-state index contributed by atoms with van der Waals surface area (Å²) in [5.41, 5.74) is 5.67. The van der Waals surface area contributed by atoms with Crippen molar-refractivity contribution in [1.29, 1.82) is 0 Å². The molecule has 3 aromatic carbocycles. The third-order valence-corrected chi connectivity index (χ3v) is 5.96. The van der Waals surface area contributed by atoms with Crippen LogP contribution in [0.4, 0.5) is 0 Å². The number of halogens is 1. The van der Waals surface area contributed by atoms with Gasteiger partial charge in [0.1, 0.15) is 0 Å². The molecule has 1 aliphatic rings. The van der Waals surface area contributed by atoms with Gasteiger partial charge >= 0.3 is 5.97 Å². The highest BCUT2D eigenvalue weighted by Crippen LogP contribution is 2.34. The molecule has 0 unspecified atom stereocenters. The Morgan fingerprint density at radius 2 is 1.78 bits per heavy atom. The zero-order valence-electron chi connectivity index (χ0n) is 17.3. The average Bonchev–Trinajstić information content (AvgIpc) is 2.78. The number of benzene rings is 3. The van der Waals surface area contributed by atoms with Crippen LogP contribution in [0.1, 0.15) is 32.7 Å². The van der Waals surface area contributed by atoms with E-state index in [1.165, 1.54) is 5.56 Å². The van der Waals surface area contributed by atoms with Crippen LogP contribution in [-0.2, 0) is 13.1 Å². The first-order chi connectivity index (χ1) is 15.6. The second kappa shape index (κ2) is 8.58. The number of aromatic nitrogens is 1. The first-order valence-electron chi connectivity index (χ1n) is 10.5. The van der Waals surface area contributed by atoms with Crippen LogP contribution >= 0.6 is 11.6 Å². The standard InChI is InChI=1S/C27H21ClN2O2/c28-21-10-6-9-19(14-21)13-20-16-30(15-18-7-2-1-3-8-18)17-23-25(27(31)32)22-11-4-5-12-24(22)29-26(20)23/h1-14H,15-17H2,(H,31,32). The Labute approximate surface area is 191 Å². The van der Waals surface area contributed by atoms with Gasteiger partial charge in [-0.1, -0.05) is 72.3 Å². The predicted octanol–water partition coefficient (Wildman–Crippen LogP) is 6.14. The Morgan fingerprint density at radius 1 is 1.00 bits per heavy atom. The van der Waals surface area contributed by atoms with Crippen molar-refractivity contribution in [1.82, 2.24) is 9.88 Å². The number of carboxylic acid groups (broad SMARTS) is 1. The minimum absolute atomic E-state index is 0.334. The molecule has 4 aromatic rings. The van der Waals surface area contributed by atoms with Crippen molar-refractivity contribution in [3.05, 3.63) is 112 Å². The van der Waals surface area contributed by atoms with Gasteiger partial charge in [0, 0.05) is 35.6 Å². The molecular weight excluding hydrogens is 420 g/mol. The monoisotopic (exact) mass is 440 g/mol. The average molecular weight is 441 g/mol. The van der Waals surface area contributed by atoms with E-state index >= 15 is 0 Å². The summed E-state index contributed by atoms with van der Waals surface area (Å²) in [5.74, 6) is -0.927. The smallest absolute Gasteiger partial charge is 0.336 e. The molecule has 4 nitrogen and oxygen atoms in total. The number of nitrogens with zero attached hydrogens (tertiary/aromatic N) is 2. The first kappa shape index (κ1) is 20.4. The van der Waals surface area contributed by atoms with Crippen molar-refractivity contribution in [2.45, 2.75) is 13.1 Å². The van der Waals surface area contributed by atoms with Gasteiger partial charge in [0.25, 0.3) is 0 Å². The maximum atomic E-state index is 12.4. The molecule has 0 bridgehead atoms. The highest BCUT2D eigenvalue weighted by atomic mass is 35.5. The zero-order valence-corrected chi connectivity index (χ0v) is 18.1. The summed E-state index contributed by atoms with van der Waals surface area (Å²) in [6.07, 6.45) is 2.06. The molecule has 0 spiro atoms.